The molecule has 2 N–H and O–H groups in total. The fourth-order valence-corrected chi connectivity index (χ4v) is 8.28. The number of sulfone groups is 1. The lowest BCUT2D eigenvalue weighted by Gasteiger charge is -2.10. The molecule has 0 aliphatic heterocycles. The lowest BCUT2D eigenvalue weighted by atomic mass is 10.0. The maximum absolute atomic E-state index is 12.8. The van der Waals surface area contributed by atoms with E-state index in [1.165, 1.54) is 54.0 Å². The maximum atomic E-state index is 12.8. The molecule has 0 spiro atoms. The number of halogens is 1. The average Bonchev–Trinajstić information content (AvgIpc) is 3.93. The lowest BCUT2D eigenvalue weighted by molar-refractivity contribution is -0.111. The summed E-state index contributed by atoms with van der Waals surface area (Å²) in [5.74, 6) is 0.189. The van der Waals surface area contributed by atoms with Gasteiger partial charge in [-0.2, -0.15) is 0 Å². The van der Waals surface area contributed by atoms with E-state index in [0.29, 0.717) is 53.9 Å². The van der Waals surface area contributed by atoms with Crippen molar-refractivity contribution < 1.29 is 22.2 Å². The zero-order chi connectivity index (χ0) is 36.5. The van der Waals surface area contributed by atoms with Gasteiger partial charge in [0.25, 0.3) is 11.8 Å². The van der Waals surface area contributed by atoms with Crippen LogP contribution in [0.1, 0.15) is 67.6 Å². The monoisotopic (exact) mass is 786 g/mol. The minimum absolute atomic E-state index is 0.137. The summed E-state index contributed by atoms with van der Waals surface area (Å²) in [6.07, 6.45) is 21.7. The first-order valence-corrected chi connectivity index (χ1v) is 21.9. The number of nitrogens with one attached hydrogen (secondary N) is 2. The first-order chi connectivity index (χ1) is 24.4. The third-order valence-electron chi connectivity index (χ3n) is 8.42. The molecule has 2 saturated carbocycles. The zero-order valence-corrected chi connectivity index (χ0v) is 32.4. The van der Waals surface area contributed by atoms with Crippen LogP contribution in [0.3, 0.4) is 0 Å². The highest BCUT2D eigenvalue weighted by atomic mass is 35.5. The summed E-state index contributed by atoms with van der Waals surface area (Å²) < 4.78 is 35.3. The molecule has 270 valence electrons. The standard InChI is InChI=1S/C18H21N3O3S2.C17H18ClN3O2S2/c1-12-10-20-18(25-12)21-17(22)15(9-13-5-3-4-6-13)16-8-7-14(11-19-16)26(2,23)24;1-25(23)12-6-7-14(19-9-12)13(8-11-4-2-3-5-11)16(22)21-17-20-10-15(18)24-17/h7-11,13H,3-6H2,1-2H3,(H,20,21,22);6-11H,2-5H2,1H3,(H,20,21,22)/b15-9+;13-8+. The highest BCUT2D eigenvalue weighted by Gasteiger charge is 2.22. The van der Waals surface area contributed by atoms with Crippen molar-refractivity contribution in [1.29, 1.82) is 0 Å². The summed E-state index contributed by atoms with van der Waals surface area (Å²) in [4.78, 5) is 44.2. The number of anilines is 2. The van der Waals surface area contributed by atoms with Crippen LogP contribution in [0.25, 0.3) is 11.1 Å². The van der Waals surface area contributed by atoms with E-state index >= 15 is 0 Å². The first kappa shape index (κ1) is 38.6. The number of nitrogens with zero attached hydrogens (tertiary/aromatic N) is 4. The number of pyridine rings is 2. The van der Waals surface area contributed by atoms with Gasteiger partial charge in [-0.1, -0.05) is 60.8 Å². The van der Waals surface area contributed by atoms with Crippen LogP contribution in [0.2, 0.25) is 4.34 Å². The van der Waals surface area contributed by atoms with Crippen LogP contribution in [0, 0.1) is 18.8 Å². The van der Waals surface area contributed by atoms with Gasteiger partial charge in [-0.05, 0) is 68.7 Å². The summed E-state index contributed by atoms with van der Waals surface area (Å²) in [6, 6.07) is 6.56. The molecule has 6 rings (SSSR count). The fraction of sp³-hybridized carbons (Fsp3) is 0.371. The highest BCUT2D eigenvalue weighted by molar-refractivity contribution is 7.90. The van der Waals surface area contributed by atoms with Gasteiger partial charge in [0.15, 0.2) is 20.1 Å². The van der Waals surface area contributed by atoms with Crippen LogP contribution >= 0.6 is 34.3 Å². The van der Waals surface area contributed by atoms with Gasteiger partial charge in [0.05, 0.1) is 49.3 Å². The molecule has 11 nitrogen and oxygen atoms in total. The lowest BCUT2D eigenvalue weighted by Crippen LogP contribution is -2.15. The number of hydrogen-bond acceptors (Lipinski definition) is 11. The Morgan fingerprint density at radius 3 is 1.69 bits per heavy atom. The molecule has 16 heteroatoms. The SMILES string of the molecule is CS(=O)c1ccc(/C(=C\C2CCCC2)C(=O)Nc2ncc(Cl)s2)nc1.Cc1cnc(NC(=O)/C(=C/C2CCCC2)c2ccc(S(C)(=O)=O)cn2)s1. The van der Waals surface area contributed by atoms with Gasteiger partial charge in [0.2, 0.25) is 0 Å². The van der Waals surface area contributed by atoms with Crippen molar-refractivity contribution in [1.82, 2.24) is 19.9 Å². The molecule has 1 unspecified atom stereocenters. The summed E-state index contributed by atoms with van der Waals surface area (Å²) >= 11 is 8.49. The summed E-state index contributed by atoms with van der Waals surface area (Å²) in [5.41, 5.74) is 2.02. The van der Waals surface area contributed by atoms with Crippen molar-refractivity contribution in [3.63, 3.8) is 0 Å². The summed E-state index contributed by atoms with van der Waals surface area (Å²) in [6.45, 7) is 1.92. The molecule has 2 amide bonds. The topological polar surface area (TPSA) is 161 Å². The molecule has 0 saturated heterocycles. The van der Waals surface area contributed by atoms with E-state index in [0.717, 1.165) is 49.7 Å². The summed E-state index contributed by atoms with van der Waals surface area (Å²) in [5, 5.41) is 6.61. The molecule has 51 heavy (non-hydrogen) atoms. The zero-order valence-electron chi connectivity index (χ0n) is 28.4. The number of carbonyl (C=O) groups is 2. The van der Waals surface area contributed by atoms with Crippen LogP contribution in [-0.4, -0.2) is 56.9 Å². The minimum atomic E-state index is -3.32. The number of rotatable bonds is 10. The van der Waals surface area contributed by atoms with E-state index < -0.39 is 20.6 Å². The van der Waals surface area contributed by atoms with Crippen LogP contribution in [-0.2, 0) is 30.2 Å². The first-order valence-electron chi connectivity index (χ1n) is 16.4. The van der Waals surface area contributed by atoms with Gasteiger partial charge < -0.3 is 0 Å². The van der Waals surface area contributed by atoms with Gasteiger partial charge in [-0.25, -0.2) is 18.4 Å². The third-order valence-corrected chi connectivity index (χ3v) is 12.3. The molecule has 4 aromatic heterocycles. The van der Waals surface area contributed by atoms with Gasteiger partial charge in [0.1, 0.15) is 4.34 Å². The van der Waals surface area contributed by atoms with Crippen molar-refractivity contribution in [3.8, 4) is 0 Å². The van der Waals surface area contributed by atoms with Crippen molar-refractivity contribution in [2.45, 2.75) is 68.1 Å². The number of amides is 2. The van der Waals surface area contributed by atoms with E-state index in [1.807, 2.05) is 19.1 Å². The Labute approximate surface area is 313 Å². The van der Waals surface area contributed by atoms with Gasteiger partial charge in [-0.15, -0.1) is 11.3 Å². The quantitative estimate of drug-likeness (QED) is 0.154. The van der Waals surface area contributed by atoms with Gasteiger partial charge >= 0.3 is 0 Å². The Kier molecular flexibility index (Phi) is 13.4. The van der Waals surface area contributed by atoms with Gasteiger partial charge in [-0.3, -0.25) is 34.4 Å². The molecule has 0 radical (unpaired) electrons. The van der Waals surface area contributed by atoms with E-state index in [4.69, 9.17) is 11.6 Å². The van der Waals surface area contributed by atoms with E-state index in [-0.39, 0.29) is 16.7 Å². The van der Waals surface area contributed by atoms with Crippen molar-refractivity contribution in [3.05, 3.63) is 81.8 Å². The Hall–Kier alpha value is -3.63. The second kappa shape index (κ2) is 17.7. The predicted molar refractivity (Wildman–Crippen MR) is 205 cm³/mol. The normalized spacial score (nSPS) is 16.4. The smallest absolute Gasteiger partial charge is 0.259 e. The minimum Gasteiger partial charge on any atom is -0.298 e. The number of aromatic nitrogens is 4. The predicted octanol–water partition coefficient (Wildman–Crippen LogP) is 7.60. The number of thiazole rings is 2. The molecule has 2 fully saturated rings. The van der Waals surface area contributed by atoms with E-state index in [1.54, 1.807) is 36.8 Å². The van der Waals surface area contributed by atoms with Crippen molar-refractivity contribution in [2.75, 3.05) is 23.1 Å². The molecule has 0 bridgehead atoms. The number of aryl methyl sites for hydroxylation is 1. The second-order valence-electron chi connectivity index (χ2n) is 12.4. The molecule has 1 atom stereocenters. The number of allylic oxidation sites excluding steroid dienone is 2. The molecule has 2 aliphatic rings. The van der Waals surface area contributed by atoms with E-state index in [2.05, 4.69) is 30.6 Å². The maximum Gasteiger partial charge on any atom is 0.259 e. The molecule has 4 aromatic rings. The van der Waals surface area contributed by atoms with Crippen LogP contribution < -0.4 is 10.6 Å². The van der Waals surface area contributed by atoms with Crippen molar-refractivity contribution in [2.24, 2.45) is 11.8 Å². The number of hydrogen-bond donors (Lipinski definition) is 2. The molecular formula is C35H39ClN6O5S4. The fourth-order valence-electron chi connectivity index (χ4n) is 5.80. The summed E-state index contributed by atoms with van der Waals surface area (Å²) in [7, 11) is -4.42. The molecule has 2 aliphatic carbocycles. The Balaban J connectivity index is 0.000000198. The van der Waals surface area contributed by atoms with E-state index in [9.17, 15) is 22.2 Å². The Morgan fingerprint density at radius 1 is 0.784 bits per heavy atom. The van der Waals surface area contributed by atoms with Crippen molar-refractivity contribution >= 4 is 88.1 Å². The molecular weight excluding hydrogens is 748 g/mol. The second-order valence-corrected chi connectivity index (χ2v) is 18.7. The highest BCUT2D eigenvalue weighted by Crippen LogP contribution is 2.31. The van der Waals surface area contributed by atoms with Crippen LogP contribution in [0.15, 0.2) is 71.0 Å². The Morgan fingerprint density at radius 2 is 1.29 bits per heavy atom. The average molecular weight is 787 g/mol. The van der Waals surface area contributed by atoms with Crippen LogP contribution in [0.4, 0.5) is 10.3 Å². The number of carbonyl (C=O) groups excluding carboxylic acids is 2. The van der Waals surface area contributed by atoms with Gasteiger partial charge in [0, 0.05) is 36.0 Å². The molecule has 0 aromatic carbocycles. The largest absolute Gasteiger partial charge is 0.298 e. The molecule has 4 heterocycles. The van der Waals surface area contributed by atoms with Crippen LogP contribution in [0.5, 0.6) is 0 Å². The third kappa shape index (κ3) is 11.2. The Bertz CT molecular complexity index is 2030.